The molecule has 0 aliphatic rings. The number of anilines is 1. The average molecular weight is 510 g/mol. The number of nitrogens with zero attached hydrogens (tertiary/aromatic N) is 1. The molecule has 37 heavy (non-hydrogen) atoms. The summed E-state index contributed by atoms with van der Waals surface area (Å²) in [5, 5.41) is 10.6. The molecule has 0 fully saturated rings. The molecular formula is C26H30FN6O4+. The normalized spacial score (nSPS) is 11.5. The van der Waals surface area contributed by atoms with E-state index in [1.54, 1.807) is 57.2 Å². The van der Waals surface area contributed by atoms with Crippen molar-refractivity contribution in [3.63, 3.8) is 0 Å². The zero-order chi connectivity index (χ0) is 26.9. The monoisotopic (exact) mass is 509 g/mol. The lowest BCUT2D eigenvalue weighted by Crippen LogP contribution is -2.98. The van der Waals surface area contributed by atoms with E-state index >= 15 is 4.39 Å². The Labute approximate surface area is 213 Å². The number of ether oxygens (including phenoxy) is 2. The van der Waals surface area contributed by atoms with Crippen molar-refractivity contribution in [1.82, 2.24) is 10.4 Å². The largest absolute Gasteiger partial charge is 0.490 e. The lowest BCUT2D eigenvalue weighted by molar-refractivity contribution is -0.613. The van der Waals surface area contributed by atoms with E-state index in [9.17, 15) is 9.59 Å². The van der Waals surface area contributed by atoms with Gasteiger partial charge in [-0.1, -0.05) is 6.07 Å². The number of aromatic nitrogens is 1. The average Bonchev–Trinajstić information content (AvgIpc) is 2.88. The van der Waals surface area contributed by atoms with Gasteiger partial charge in [0, 0.05) is 29.1 Å². The number of nitrogens with two attached hydrogens (primary N) is 2. The first-order chi connectivity index (χ1) is 17.7. The summed E-state index contributed by atoms with van der Waals surface area (Å²) >= 11 is 0. The van der Waals surface area contributed by atoms with Gasteiger partial charge in [0.1, 0.15) is 17.3 Å². The van der Waals surface area contributed by atoms with Crippen LogP contribution in [0.1, 0.15) is 48.4 Å². The molecule has 0 saturated heterocycles. The molecule has 7 N–H and O–H groups in total. The molecule has 1 aromatic heterocycles. The molecule has 10 nitrogen and oxygen atoms in total. The number of carbonyl (C=O) groups excluding carboxylic acids is 2. The van der Waals surface area contributed by atoms with E-state index in [0.717, 1.165) is 5.43 Å². The zero-order valence-corrected chi connectivity index (χ0v) is 20.7. The van der Waals surface area contributed by atoms with Crippen molar-refractivity contribution in [1.29, 1.82) is 5.41 Å². The second-order valence-corrected chi connectivity index (χ2v) is 8.22. The van der Waals surface area contributed by atoms with Crippen LogP contribution in [0.4, 0.5) is 10.1 Å². The molecule has 1 unspecified atom stereocenters. The molecule has 0 aliphatic heterocycles. The van der Waals surface area contributed by atoms with Crippen molar-refractivity contribution in [2.75, 3.05) is 11.9 Å². The van der Waals surface area contributed by atoms with Gasteiger partial charge in [0.15, 0.2) is 17.5 Å². The highest BCUT2D eigenvalue weighted by Gasteiger charge is 2.30. The van der Waals surface area contributed by atoms with Gasteiger partial charge >= 0.3 is 11.8 Å². The number of primary amides is 1. The highest BCUT2D eigenvalue weighted by atomic mass is 19.1. The second-order valence-electron chi connectivity index (χ2n) is 8.22. The third-order valence-electron chi connectivity index (χ3n) is 5.07. The predicted octanol–water partition coefficient (Wildman–Crippen LogP) is 2.28. The first kappa shape index (κ1) is 27.1. The minimum Gasteiger partial charge on any atom is -0.490 e. The number of rotatable bonds is 10. The van der Waals surface area contributed by atoms with Gasteiger partial charge in [-0.05, 0) is 63.2 Å². The Morgan fingerprint density at radius 1 is 1.14 bits per heavy atom. The predicted molar refractivity (Wildman–Crippen MR) is 136 cm³/mol. The maximum absolute atomic E-state index is 15.4. The zero-order valence-electron chi connectivity index (χ0n) is 20.7. The van der Waals surface area contributed by atoms with Crippen LogP contribution in [0, 0.1) is 11.2 Å². The number of carbonyl (C=O) groups is 2. The SMILES string of the molecule is CCOc1cc(C(Nc2ccc(C(=N)N)cc2)C(=O)[NH2+]NC(=O)c2ccccn2)c(F)cc1OC(C)C. The van der Waals surface area contributed by atoms with E-state index in [2.05, 4.69) is 15.7 Å². The Morgan fingerprint density at radius 2 is 1.86 bits per heavy atom. The van der Waals surface area contributed by atoms with E-state index in [-0.39, 0.29) is 34.7 Å². The molecule has 1 atom stereocenters. The minimum atomic E-state index is -1.24. The number of hydrogen-bond acceptors (Lipinski definition) is 7. The topological polar surface area (TPSA) is 156 Å². The van der Waals surface area contributed by atoms with Crippen LogP contribution >= 0.6 is 0 Å². The fourth-order valence-electron chi connectivity index (χ4n) is 3.39. The van der Waals surface area contributed by atoms with Crippen molar-refractivity contribution < 1.29 is 28.9 Å². The smallest absolute Gasteiger partial charge is 0.361 e. The van der Waals surface area contributed by atoms with E-state index in [1.807, 2.05) is 0 Å². The van der Waals surface area contributed by atoms with Gasteiger partial charge in [-0.2, -0.15) is 10.9 Å². The van der Waals surface area contributed by atoms with E-state index in [1.165, 1.54) is 24.4 Å². The first-order valence-electron chi connectivity index (χ1n) is 11.6. The molecule has 0 saturated carbocycles. The summed E-state index contributed by atoms with van der Waals surface area (Å²) in [6, 6.07) is 12.6. The maximum Gasteiger partial charge on any atom is 0.361 e. The number of nitrogens with one attached hydrogen (secondary N) is 3. The van der Waals surface area contributed by atoms with Crippen LogP contribution in [0.3, 0.4) is 0 Å². The van der Waals surface area contributed by atoms with Crippen LogP contribution < -0.4 is 31.4 Å². The number of benzene rings is 2. The number of amides is 2. The highest BCUT2D eigenvalue weighted by molar-refractivity contribution is 5.95. The number of nitrogen functional groups attached to an aromatic ring is 2. The lowest BCUT2D eigenvalue weighted by Gasteiger charge is -2.21. The number of pyridine rings is 1. The first-order valence-corrected chi connectivity index (χ1v) is 11.6. The van der Waals surface area contributed by atoms with Crippen LogP contribution in [0.15, 0.2) is 60.8 Å². The second kappa shape index (κ2) is 12.5. The Balaban J connectivity index is 1.94. The van der Waals surface area contributed by atoms with Gasteiger partial charge in [-0.3, -0.25) is 15.2 Å². The van der Waals surface area contributed by atoms with Gasteiger partial charge in [0.05, 0.1) is 12.7 Å². The Kier molecular flexibility index (Phi) is 9.11. The quantitative estimate of drug-likeness (QED) is 0.0923. The molecule has 11 heteroatoms. The molecule has 194 valence electrons. The van der Waals surface area contributed by atoms with Gasteiger partial charge in [0.2, 0.25) is 0 Å². The molecule has 3 aromatic rings. The standard InChI is InChI=1S/C26H29FN6O4/c1-4-36-21-13-18(19(27)14-22(21)37-15(2)3)23(31-17-10-8-16(9-11-17)24(28)29)26(35)33-32-25(34)20-7-5-6-12-30-20/h5-15,23,31H,4H2,1-3H3,(H3,28,29)(H,32,34)(H,33,35)/p+1. The van der Waals surface area contributed by atoms with Crippen molar-refractivity contribution >= 4 is 23.3 Å². The van der Waals surface area contributed by atoms with Gasteiger partial charge in [-0.25, -0.2) is 9.18 Å². The van der Waals surface area contributed by atoms with Gasteiger partial charge in [-0.15, -0.1) is 0 Å². The van der Waals surface area contributed by atoms with Gasteiger partial charge in [0.25, 0.3) is 0 Å². The summed E-state index contributed by atoms with van der Waals surface area (Å²) in [5.41, 5.74) is 9.97. The van der Waals surface area contributed by atoms with Crippen molar-refractivity contribution in [2.24, 2.45) is 5.73 Å². The minimum absolute atomic E-state index is 0.0106. The fraction of sp³-hybridized carbons (Fsp3) is 0.231. The van der Waals surface area contributed by atoms with Crippen molar-refractivity contribution in [3.05, 3.63) is 83.4 Å². The van der Waals surface area contributed by atoms with Crippen LogP contribution in [-0.4, -0.2) is 35.3 Å². The molecule has 0 radical (unpaired) electrons. The Morgan fingerprint density at radius 3 is 2.46 bits per heavy atom. The maximum atomic E-state index is 15.4. The summed E-state index contributed by atoms with van der Waals surface area (Å²) in [5.74, 6) is -1.54. The molecule has 3 rings (SSSR count). The Bertz CT molecular complexity index is 1250. The Hall–Kier alpha value is -4.51. The number of quaternary nitrogens is 1. The highest BCUT2D eigenvalue weighted by Crippen LogP contribution is 2.34. The summed E-state index contributed by atoms with van der Waals surface area (Å²) in [7, 11) is 0. The fourth-order valence-corrected chi connectivity index (χ4v) is 3.39. The summed E-state index contributed by atoms with van der Waals surface area (Å²) < 4.78 is 26.7. The summed E-state index contributed by atoms with van der Waals surface area (Å²) in [6.07, 6.45) is 1.23. The third-order valence-corrected chi connectivity index (χ3v) is 5.07. The molecule has 2 amide bonds. The molecule has 0 bridgehead atoms. The molecular weight excluding hydrogens is 479 g/mol. The van der Waals surface area contributed by atoms with E-state index in [0.29, 0.717) is 17.9 Å². The lowest BCUT2D eigenvalue weighted by atomic mass is 10.0. The van der Waals surface area contributed by atoms with Crippen molar-refractivity contribution in [2.45, 2.75) is 32.9 Å². The molecule has 2 aromatic carbocycles. The number of halogens is 1. The summed E-state index contributed by atoms with van der Waals surface area (Å²) in [6.45, 7) is 5.68. The van der Waals surface area contributed by atoms with Crippen LogP contribution in [0.2, 0.25) is 0 Å². The summed E-state index contributed by atoms with van der Waals surface area (Å²) in [4.78, 5) is 29.7. The van der Waals surface area contributed by atoms with Crippen LogP contribution in [-0.2, 0) is 4.79 Å². The molecule has 0 aliphatic carbocycles. The van der Waals surface area contributed by atoms with Crippen molar-refractivity contribution in [3.8, 4) is 11.5 Å². The third kappa shape index (κ3) is 7.24. The van der Waals surface area contributed by atoms with E-state index in [4.69, 9.17) is 20.6 Å². The number of hydrogen-bond donors (Lipinski definition) is 5. The number of amidine groups is 1. The van der Waals surface area contributed by atoms with Crippen LogP contribution in [0.25, 0.3) is 0 Å². The van der Waals surface area contributed by atoms with E-state index < -0.39 is 23.7 Å². The molecule has 0 spiro atoms. The van der Waals surface area contributed by atoms with Gasteiger partial charge < -0.3 is 20.5 Å². The molecule has 1 heterocycles. The van der Waals surface area contributed by atoms with Crippen LogP contribution in [0.5, 0.6) is 11.5 Å².